The molecule has 0 atom stereocenters. The lowest BCUT2D eigenvalue weighted by Crippen LogP contribution is -2.50. The number of halogens is 1. The van der Waals surface area contributed by atoms with E-state index in [0.29, 0.717) is 40.8 Å². The number of piperazine rings is 1. The zero-order valence-electron chi connectivity index (χ0n) is 22.9. The normalized spacial score (nSPS) is 15.2. The van der Waals surface area contributed by atoms with Crippen LogP contribution in [-0.2, 0) is 14.8 Å². The Kier molecular flexibility index (Phi) is 9.59. The Morgan fingerprint density at radius 3 is 2.32 bits per heavy atom. The number of likely N-dealkylation sites (N-methyl/N-ethyl adjacent to an activating group) is 1. The summed E-state index contributed by atoms with van der Waals surface area (Å²) in [5, 5.41) is 0.529. The molecule has 222 valence electrons. The highest BCUT2D eigenvalue weighted by Gasteiger charge is 2.31. The van der Waals surface area contributed by atoms with Crippen LogP contribution in [0, 0.1) is 0 Å². The monoisotopic (exact) mass is 625 g/mol. The van der Waals surface area contributed by atoms with Gasteiger partial charge >= 0.3 is 6.09 Å². The van der Waals surface area contributed by atoms with Gasteiger partial charge in [-0.05, 0) is 45.3 Å². The number of rotatable bonds is 8. The van der Waals surface area contributed by atoms with Crippen molar-refractivity contribution in [1.82, 2.24) is 19.1 Å². The lowest BCUT2D eigenvalue weighted by atomic mass is 10.2. The van der Waals surface area contributed by atoms with Crippen molar-refractivity contribution in [2.45, 2.75) is 11.8 Å². The number of thiazole rings is 1. The maximum atomic E-state index is 13.7. The zero-order valence-corrected chi connectivity index (χ0v) is 25.4. The Balaban J connectivity index is 0.00000387. The molecule has 0 radical (unpaired) electrons. The van der Waals surface area contributed by atoms with Crippen molar-refractivity contribution in [2.75, 3.05) is 71.7 Å². The van der Waals surface area contributed by atoms with Gasteiger partial charge in [-0.1, -0.05) is 11.3 Å². The van der Waals surface area contributed by atoms with Crippen LogP contribution in [0.15, 0.2) is 41.3 Å². The number of nitrogens with zero attached hydrogens (tertiary/aromatic N) is 5. The van der Waals surface area contributed by atoms with E-state index in [-0.39, 0.29) is 62.8 Å². The lowest BCUT2D eigenvalue weighted by molar-refractivity contribution is 0.0933. The van der Waals surface area contributed by atoms with Crippen LogP contribution in [0.3, 0.4) is 0 Å². The molecular weight excluding hydrogens is 594 g/mol. The summed E-state index contributed by atoms with van der Waals surface area (Å²) in [7, 11) is 0.0528. The highest BCUT2D eigenvalue weighted by atomic mass is 35.5. The van der Waals surface area contributed by atoms with Gasteiger partial charge in [0.2, 0.25) is 16.8 Å². The van der Waals surface area contributed by atoms with Crippen molar-refractivity contribution < 1.29 is 32.2 Å². The second-order valence-corrected chi connectivity index (χ2v) is 12.5. The SMILES string of the molecule is CCOC(=O)N1CCN(S(=O)(=O)c2ccc(C(=O)N(CCN(C)C)c3nc4cc5c(cc4s3)OCO5)cc2)CC1.Cl. The number of hydrogen-bond donors (Lipinski definition) is 0. The van der Waals surface area contributed by atoms with E-state index in [0.717, 1.165) is 4.70 Å². The number of sulfonamides is 1. The average molecular weight is 626 g/mol. The van der Waals surface area contributed by atoms with Crippen molar-refractivity contribution in [3.05, 3.63) is 42.0 Å². The second-order valence-electron chi connectivity index (χ2n) is 9.54. The fourth-order valence-electron chi connectivity index (χ4n) is 4.41. The van der Waals surface area contributed by atoms with Gasteiger partial charge in [0.15, 0.2) is 16.6 Å². The summed E-state index contributed by atoms with van der Waals surface area (Å²) >= 11 is 1.38. The Morgan fingerprint density at radius 1 is 1.02 bits per heavy atom. The van der Waals surface area contributed by atoms with E-state index >= 15 is 0 Å². The number of anilines is 1. The number of amides is 2. The average Bonchev–Trinajstić information content (AvgIpc) is 3.57. The summed E-state index contributed by atoms with van der Waals surface area (Å²) in [5.41, 5.74) is 1.05. The van der Waals surface area contributed by atoms with E-state index in [2.05, 4.69) is 0 Å². The van der Waals surface area contributed by atoms with Crippen LogP contribution >= 0.6 is 23.7 Å². The molecule has 0 unspecified atom stereocenters. The number of fused-ring (bicyclic) bond motifs is 2. The van der Waals surface area contributed by atoms with Crippen LogP contribution < -0.4 is 14.4 Å². The van der Waals surface area contributed by atoms with Crippen LogP contribution in [0.4, 0.5) is 9.93 Å². The summed E-state index contributed by atoms with van der Waals surface area (Å²) in [6.07, 6.45) is -0.444. The van der Waals surface area contributed by atoms with Crippen molar-refractivity contribution >= 4 is 61.1 Å². The number of carbonyl (C=O) groups is 2. The van der Waals surface area contributed by atoms with Gasteiger partial charge < -0.3 is 24.0 Å². The molecule has 12 nitrogen and oxygen atoms in total. The molecule has 0 saturated carbocycles. The summed E-state index contributed by atoms with van der Waals surface area (Å²) in [5.74, 6) is 0.982. The summed E-state index contributed by atoms with van der Waals surface area (Å²) in [4.78, 5) is 35.5. The first kappa shape index (κ1) is 30.8. The van der Waals surface area contributed by atoms with Crippen LogP contribution in [0.2, 0.25) is 0 Å². The number of aromatic nitrogens is 1. The van der Waals surface area contributed by atoms with Gasteiger partial charge in [0.1, 0.15) is 0 Å². The van der Waals surface area contributed by atoms with Crippen LogP contribution in [0.5, 0.6) is 11.5 Å². The smallest absolute Gasteiger partial charge is 0.409 e. The van der Waals surface area contributed by atoms with Gasteiger partial charge in [0.25, 0.3) is 5.91 Å². The van der Waals surface area contributed by atoms with E-state index in [1.807, 2.05) is 25.1 Å². The van der Waals surface area contributed by atoms with Gasteiger partial charge in [-0.15, -0.1) is 12.4 Å². The second kappa shape index (κ2) is 12.8. The molecule has 3 heterocycles. The summed E-state index contributed by atoms with van der Waals surface area (Å²) < 4.78 is 44.6. The van der Waals surface area contributed by atoms with E-state index in [9.17, 15) is 18.0 Å². The van der Waals surface area contributed by atoms with E-state index < -0.39 is 16.1 Å². The molecule has 1 saturated heterocycles. The molecule has 41 heavy (non-hydrogen) atoms. The molecule has 1 fully saturated rings. The first-order valence-electron chi connectivity index (χ1n) is 12.9. The number of ether oxygens (including phenoxy) is 3. The predicted octanol–water partition coefficient (Wildman–Crippen LogP) is 3.12. The molecule has 1 aromatic heterocycles. The first-order valence-corrected chi connectivity index (χ1v) is 15.1. The first-order chi connectivity index (χ1) is 19.2. The molecule has 3 aromatic rings. The Morgan fingerprint density at radius 2 is 1.68 bits per heavy atom. The third-order valence-electron chi connectivity index (χ3n) is 6.62. The quantitative estimate of drug-likeness (QED) is 0.372. The Hall–Kier alpha value is -3.17. The van der Waals surface area contributed by atoms with Crippen LogP contribution in [-0.4, -0.2) is 106 Å². The predicted molar refractivity (Wildman–Crippen MR) is 157 cm³/mol. The van der Waals surface area contributed by atoms with Crippen LogP contribution in [0.25, 0.3) is 10.2 Å². The molecule has 2 aliphatic rings. The molecular formula is C26H32ClN5O7S2. The zero-order chi connectivity index (χ0) is 28.4. The topological polar surface area (TPSA) is 122 Å². The molecule has 0 N–H and O–H groups in total. The van der Waals surface area contributed by atoms with Crippen molar-refractivity contribution in [3.8, 4) is 11.5 Å². The molecule has 2 aromatic carbocycles. The van der Waals surface area contributed by atoms with E-state index in [1.165, 1.54) is 44.8 Å². The number of carbonyl (C=O) groups excluding carboxylic acids is 2. The standard InChI is InChI=1S/C26H31N5O7S2.ClH/c1-4-36-26(33)29-10-12-30(13-11-29)40(34,35)19-7-5-18(6-8-19)24(32)31(14-9-28(2)3)25-27-20-15-21-22(38-17-37-21)16-23(20)39-25;/h5-8,15-16H,4,9-14,17H2,1-3H3;1H. The van der Waals surface area contributed by atoms with Crippen molar-refractivity contribution in [2.24, 2.45) is 0 Å². The summed E-state index contributed by atoms with van der Waals surface area (Å²) in [6, 6.07) is 9.61. The van der Waals surface area contributed by atoms with Gasteiger partial charge in [0, 0.05) is 57.0 Å². The van der Waals surface area contributed by atoms with Crippen molar-refractivity contribution in [3.63, 3.8) is 0 Å². The van der Waals surface area contributed by atoms with Gasteiger partial charge in [-0.2, -0.15) is 4.31 Å². The molecule has 2 aliphatic heterocycles. The number of hydrogen-bond acceptors (Lipinski definition) is 10. The molecule has 0 bridgehead atoms. The highest BCUT2D eigenvalue weighted by Crippen LogP contribution is 2.40. The molecule has 5 rings (SSSR count). The van der Waals surface area contributed by atoms with Gasteiger partial charge in [0.05, 0.1) is 21.7 Å². The molecule has 2 amide bonds. The maximum Gasteiger partial charge on any atom is 0.409 e. The molecule has 0 spiro atoms. The largest absolute Gasteiger partial charge is 0.454 e. The minimum atomic E-state index is -3.79. The van der Waals surface area contributed by atoms with Gasteiger partial charge in [-0.25, -0.2) is 18.2 Å². The van der Waals surface area contributed by atoms with E-state index in [1.54, 1.807) is 17.9 Å². The Bertz CT molecular complexity index is 1470. The molecule has 15 heteroatoms. The number of benzene rings is 2. The van der Waals surface area contributed by atoms with E-state index in [4.69, 9.17) is 19.2 Å². The molecule has 0 aliphatic carbocycles. The summed E-state index contributed by atoms with van der Waals surface area (Å²) in [6.45, 7) is 3.98. The fraction of sp³-hybridized carbons (Fsp3) is 0.423. The fourth-order valence-corrected chi connectivity index (χ4v) is 6.83. The minimum absolute atomic E-state index is 0. The third kappa shape index (κ3) is 6.51. The maximum absolute atomic E-state index is 13.7. The minimum Gasteiger partial charge on any atom is -0.454 e. The highest BCUT2D eigenvalue weighted by molar-refractivity contribution is 7.89. The lowest BCUT2D eigenvalue weighted by Gasteiger charge is -2.33. The third-order valence-corrected chi connectivity index (χ3v) is 9.58. The Labute approximate surface area is 248 Å². The van der Waals surface area contributed by atoms with Gasteiger partial charge in [-0.3, -0.25) is 9.69 Å². The van der Waals surface area contributed by atoms with Crippen LogP contribution in [0.1, 0.15) is 17.3 Å². The van der Waals surface area contributed by atoms with Crippen molar-refractivity contribution in [1.29, 1.82) is 0 Å².